The maximum absolute atomic E-state index is 13.8. The minimum Gasteiger partial charge on any atom is -0.293 e. The fourth-order valence-electron chi connectivity index (χ4n) is 2.91. The van der Waals surface area contributed by atoms with Gasteiger partial charge in [0.25, 0.3) is 0 Å². The summed E-state index contributed by atoms with van der Waals surface area (Å²) in [4.78, 5) is 12.5. The Morgan fingerprint density at radius 1 is 1.22 bits per heavy atom. The van der Waals surface area contributed by atoms with Crippen molar-refractivity contribution in [3.05, 3.63) is 34.9 Å². The Labute approximate surface area is 106 Å². The van der Waals surface area contributed by atoms with Gasteiger partial charge >= 0.3 is 0 Å². The van der Waals surface area contributed by atoms with Crippen LogP contribution < -0.4 is 0 Å². The number of hydrogen-bond acceptors (Lipinski definition) is 1. The second-order valence-corrected chi connectivity index (χ2v) is 5.25. The number of ketones is 1. The smallest absolute Gasteiger partial charge is 0.171 e. The van der Waals surface area contributed by atoms with Gasteiger partial charge in [-0.25, -0.2) is 8.78 Å². The Hall–Kier alpha value is -1.25. The van der Waals surface area contributed by atoms with E-state index in [1.54, 1.807) is 6.92 Å². The minimum absolute atomic E-state index is 0.0534. The molecule has 1 aliphatic rings. The molecule has 1 aromatic carbocycles. The molecule has 0 atom stereocenters. The van der Waals surface area contributed by atoms with E-state index in [-0.39, 0.29) is 11.3 Å². The Morgan fingerprint density at radius 3 is 2.39 bits per heavy atom. The zero-order valence-electron chi connectivity index (χ0n) is 10.9. The fourth-order valence-corrected chi connectivity index (χ4v) is 2.91. The van der Waals surface area contributed by atoms with Crippen molar-refractivity contribution in [2.45, 2.75) is 46.0 Å². The molecule has 0 spiro atoms. The number of carbonyl (C=O) groups is 1. The maximum Gasteiger partial charge on any atom is 0.171 e. The van der Waals surface area contributed by atoms with Crippen LogP contribution in [-0.4, -0.2) is 5.78 Å². The zero-order valence-corrected chi connectivity index (χ0v) is 10.9. The first-order valence-electron chi connectivity index (χ1n) is 6.50. The van der Waals surface area contributed by atoms with Crippen LogP contribution in [0.25, 0.3) is 0 Å². The van der Waals surface area contributed by atoms with Gasteiger partial charge in [0.15, 0.2) is 5.78 Å². The Balaban J connectivity index is 2.42. The fraction of sp³-hybridized carbons (Fsp3) is 0.533. The molecule has 1 fully saturated rings. The van der Waals surface area contributed by atoms with Crippen molar-refractivity contribution in [3.63, 3.8) is 0 Å². The van der Waals surface area contributed by atoms with Crippen molar-refractivity contribution in [2.24, 2.45) is 5.41 Å². The quantitative estimate of drug-likeness (QED) is 0.727. The highest BCUT2D eigenvalue weighted by Gasteiger charge is 2.40. The predicted molar refractivity (Wildman–Crippen MR) is 66.6 cm³/mol. The Morgan fingerprint density at radius 2 is 1.83 bits per heavy atom. The van der Waals surface area contributed by atoms with Gasteiger partial charge in [-0.1, -0.05) is 19.8 Å². The van der Waals surface area contributed by atoms with Crippen LogP contribution in [0.5, 0.6) is 0 Å². The highest BCUT2D eigenvalue weighted by molar-refractivity contribution is 6.01. The lowest BCUT2D eigenvalue weighted by Gasteiger charge is -2.26. The molecule has 0 heterocycles. The predicted octanol–water partition coefficient (Wildman–Crippen LogP) is 4.43. The lowest BCUT2D eigenvalue weighted by molar-refractivity contribution is 0.0786. The molecule has 0 saturated heterocycles. The molecule has 0 aromatic heterocycles. The van der Waals surface area contributed by atoms with Crippen molar-refractivity contribution in [1.82, 2.24) is 0 Å². The van der Waals surface area contributed by atoms with Gasteiger partial charge in [-0.15, -0.1) is 0 Å². The van der Waals surface area contributed by atoms with Gasteiger partial charge in [-0.05, 0) is 37.8 Å². The number of carbonyl (C=O) groups excluding carboxylic acids is 1. The van der Waals surface area contributed by atoms with Crippen molar-refractivity contribution in [1.29, 1.82) is 0 Å². The van der Waals surface area contributed by atoms with Gasteiger partial charge in [0.05, 0.1) is 5.56 Å². The van der Waals surface area contributed by atoms with Crippen LogP contribution in [0.4, 0.5) is 8.78 Å². The molecule has 98 valence electrons. The molecule has 0 amide bonds. The third-order valence-corrected chi connectivity index (χ3v) is 4.21. The van der Waals surface area contributed by atoms with Gasteiger partial charge in [0, 0.05) is 11.5 Å². The first-order chi connectivity index (χ1) is 8.50. The molecular formula is C15H18F2O. The Bertz CT molecular complexity index is 474. The van der Waals surface area contributed by atoms with Crippen LogP contribution in [0.3, 0.4) is 0 Å². The van der Waals surface area contributed by atoms with Gasteiger partial charge in [0.1, 0.15) is 11.6 Å². The van der Waals surface area contributed by atoms with Crippen LogP contribution in [-0.2, 0) is 0 Å². The van der Waals surface area contributed by atoms with Crippen LogP contribution >= 0.6 is 0 Å². The lowest BCUT2D eigenvalue weighted by Crippen LogP contribution is -2.28. The molecule has 0 aliphatic heterocycles. The van der Waals surface area contributed by atoms with E-state index in [0.29, 0.717) is 5.56 Å². The normalized spacial score (nSPS) is 18.0. The molecule has 0 bridgehead atoms. The molecule has 1 nitrogen and oxygen atoms in total. The zero-order chi connectivity index (χ0) is 13.3. The van der Waals surface area contributed by atoms with E-state index in [1.165, 1.54) is 6.07 Å². The van der Waals surface area contributed by atoms with E-state index in [1.807, 2.05) is 6.92 Å². The number of rotatable bonds is 3. The first-order valence-corrected chi connectivity index (χ1v) is 6.50. The molecule has 1 aliphatic carbocycles. The summed E-state index contributed by atoms with van der Waals surface area (Å²) < 4.78 is 27.0. The van der Waals surface area contributed by atoms with Crippen LogP contribution in [0, 0.1) is 24.0 Å². The topological polar surface area (TPSA) is 17.1 Å². The summed E-state index contributed by atoms with van der Waals surface area (Å²) in [6.45, 7) is 3.52. The summed E-state index contributed by atoms with van der Waals surface area (Å²) in [6, 6.07) is 2.17. The average molecular weight is 252 g/mol. The lowest BCUT2D eigenvalue weighted by atomic mass is 9.76. The standard InChI is InChI=1S/C15H18F2O/c1-3-15(6-4-5-7-15)14(18)11-8-10(2)12(16)9-13(11)17/h8-9H,3-7H2,1-2H3. The molecule has 0 N–H and O–H groups in total. The van der Waals surface area contributed by atoms with Crippen molar-refractivity contribution >= 4 is 5.78 Å². The Kier molecular flexibility index (Phi) is 3.51. The summed E-state index contributed by atoms with van der Waals surface area (Å²) in [6.07, 6.45) is 4.39. The number of Topliss-reactive ketones (excluding diaryl/α,β-unsaturated/α-hetero) is 1. The molecule has 3 heteroatoms. The average Bonchev–Trinajstić information content (AvgIpc) is 2.83. The summed E-state index contributed by atoms with van der Waals surface area (Å²) >= 11 is 0. The highest BCUT2D eigenvalue weighted by Crippen LogP contribution is 2.44. The summed E-state index contributed by atoms with van der Waals surface area (Å²) in [7, 11) is 0. The molecule has 1 aromatic rings. The van der Waals surface area contributed by atoms with Gasteiger partial charge < -0.3 is 0 Å². The van der Waals surface area contributed by atoms with Crippen molar-refractivity contribution in [3.8, 4) is 0 Å². The third-order valence-electron chi connectivity index (χ3n) is 4.21. The maximum atomic E-state index is 13.8. The van der Waals surface area contributed by atoms with Gasteiger partial charge in [-0.2, -0.15) is 0 Å². The third kappa shape index (κ3) is 2.06. The number of aryl methyl sites for hydroxylation is 1. The molecular weight excluding hydrogens is 234 g/mol. The van der Waals surface area contributed by atoms with Gasteiger partial charge in [0.2, 0.25) is 0 Å². The number of hydrogen-bond donors (Lipinski definition) is 0. The van der Waals surface area contributed by atoms with Gasteiger partial charge in [-0.3, -0.25) is 4.79 Å². The van der Waals surface area contributed by atoms with E-state index in [4.69, 9.17) is 0 Å². The van der Waals surface area contributed by atoms with E-state index < -0.39 is 17.0 Å². The largest absolute Gasteiger partial charge is 0.293 e. The van der Waals surface area contributed by atoms with Crippen LogP contribution in [0.1, 0.15) is 54.9 Å². The number of halogens is 2. The van der Waals surface area contributed by atoms with E-state index in [0.717, 1.165) is 38.2 Å². The summed E-state index contributed by atoms with van der Waals surface area (Å²) in [5.41, 5.74) is -0.0490. The second kappa shape index (κ2) is 4.79. The summed E-state index contributed by atoms with van der Waals surface area (Å²) in [5, 5.41) is 0. The van der Waals surface area contributed by atoms with E-state index in [9.17, 15) is 13.6 Å². The summed E-state index contributed by atoms with van der Waals surface area (Å²) in [5.74, 6) is -1.48. The van der Waals surface area contributed by atoms with Crippen molar-refractivity contribution in [2.75, 3.05) is 0 Å². The number of benzene rings is 1. The van der Waals surface area contributed by atoms with Crippen LogP contribution in [0.2, 0.25) is 0 Å². The highest BCUT2D eigenvalue weighted by atomic mass is 19.1. The van der Waals surface area contributed by atoms with Crippen LogP contribution in [0.15, 0.2) is 12.1 Å². The molecule has 2 rings (SSSR count). The first kappa shape index (κ1) is 13.2. The molecule has 0 unspecified atom stereocenters. The monoisotopic (exact) mass is 252 g/mol. The van der Waals surface area contributed by atoms with E-state index >= 15 is 0 Å². The van der Waals surface area contributed by atoms with E-state index in [2.05, 4.69) is 0 Å². The molecule has 18 heavy (non-hydrogen) atoms. The second-order valence-electron chi connectivity index (χ2n) is 5.25. The SMILES string of the molecule is CCC1(C(=O)c2cc(C)c(F)cc2F)CCCC1. The molecule has 0 radical (unpaired) electrons. The van der Waals surface area contributed by atoms with Crippen molar-refractivity contribution < 1.29 is 13.6 Å². The minimum atomic E-state index is -0.733. The molecule has 1 saturated carbocycles.